The maximum Gasteiger partial charge on any atom is 0.223 e. The van der Waals surface area contributed by atoms with Gasteiger partial charge in [0.15, 0.2) is 0 Å². The fourth-order valence-corrected chi connectivity index (χ4v) is 3.77. The van der Waals surface area contributed by atoms with Crippen LogP contribution in [-0.2, 0) is 19.1 Å². The number of ether oxygens (including phenoxy) is 2. The van der Waals surface area contributed by atoms with E-state index in [9.17, 15) is 9.59 Å². The average molecular weight is 339 g/mol. The van der Waals surface area contributed by atoms with E-state index < -0.39 is 5.60 Å². The molecule has 3 aliphatic rings. The minimum absolute atomic E-state index is 0.00214. The molecule has 24 heavy (non-hydrogen) atoms. The van der Waals surface area contributed by atoms with Crippen molar-refractivity contribution in [2.75, 3.05) is 46.0 Å². The minimum atomic E-state index is -0.448. The normalized spacial score (nSPS) is 28.8. The molecule has 2 saturated heterocycles. The lowest BCUT2D eigenvalue weighted by molar-refractivity contribution is -0.158. The van der Waals surface area contributed by atoms with E-state index in [0.717, 1.165) is 19.4 Å². The van der Waals surface area contributed by atoms with Crippen LogP contribution in [0, 0.1) is 0 Å². The van der Waals surface area contributed by atoms with Crippen LogP contribution >= 0.6 is 0 Å². The van der Waals surface area contributed by atoms with Gasteiger partial charge in [0.25, 0.3) is 0 Å². The number of hydrogen-bond donors (Lipinski definition) is 2. The third-order valence-corrected chi connectivity index (χ3v) is 5.12. The summed E-state index contributed by atoms with van der Waals surface area (Å²) in [7, 11) is 0. The Morgan fingerprint density at radius 1 is 1.21 bits per heavy atom. The van der Waals surface area contributed by atoms with Gasteiger partial charge in [0.2, 0.25) is 11.8 Å². The monoisotopic (exact) mass is 339 g/mol. The summed E-state index contributed by atoms with van der Waals surface area (Å²) in [6, 6.07) is 0.313. The number of nitrogens with one attached hydrogen (secondary N) is 2. The van der Waals surface area contributed by atoms with Gasteiger partial charge >= 0.3 is 0 Å². The molecule has 0 aromatic carbocycles. The molecule has 2 amide bonds. The number of hydrogen-bond acceptors (Lipinski definition) is 5. The molecule has 2 N–H and O–H groups in total. The molecule has 1 spiro atoms. The second-order valence-corrected chi connectivity index (χ2v) is 7.13. The molecule has 0 bridgehead atoms. The molecule has 1 aliphatic carbocycles. The summed E-state index contributed by atoms with van der Waals surface area (Å²) in [6.07, 6.45) is 5.06. The third-order valence-electron chi connectivity index (χ3n) is 5.12. The lowest BCUT2D eigenvalue weighted by atomic mass is 10.0. The van der Waals surface area contributed by atoms with Crippen molar-refractivity contribution < 1.29 is 19.1 Å². The number of carbonyl (C=O) groups excluding carboxylic acids is 2. The van der Waals surface area contributed by atoms with Gasteiger partial charge in [-0.15, -0.1) is 0 Å². The third kappa shape index (κ3) is 4.68. The summed E-state index contributed by atoms with van der Waals surface area (Å²) < 4.78 is 11.5. The molecule has 0 aromatic rings. The van der Waals surface area contributed by atoms with Gasteiger partial charge in [-0.1, -0.05) is 12.8 Å². The SMILES string of the molecule is O=C(CCC(=O)N1CCO[C@]2(CNCCOC2)C1)NC1CCCC1. The van der Waals surface area contributed by atoms with Crippen LogP contribution in [-0.4, -0.2) is 74.4 Å². The Bertz CT molecular complexity index is 443. The highest BCUT2D eigenvalue weighted by Crippen LogP contribution is 2.21. The van der Waals surface area contributed by atoms with E-state index in [2.05, 4.69) is 10.6 Å². The van der Waals surface area contributed by atoms with Crippen LogP contribution in [0.5, 0.6) is 0 Å². The van der Waals surface area contributed by atoms with Crippen molar-refractivity contribution in [2.24, 2.45) is 0 Å². The number of rotatable bonds is 4. The van der Waals surface area contributed by atoms with Crippen LogP contribution < -0.4 is 10.6 Å². The zero-order valence-corrected chi connectivity index (χ0v) is 14.3. The Balaban J connectivity index is 1.44. The van der Waals surface area contributed by atoms with Gasteiger partial charge in [-0.2, -0.15) is 0 Å². The van der Waals surface area contributed by atoms with Gasteiger partial charge in [-0.3, -0.25) is 9.59 Å². The molecule has 1 atom stereocenters. The lowest BCUT2D eigenvalue weighted by Gasteiger charge is -2.41. The molecule has 3 rings (SSSR count). The number of nitrogens with zero attached hydrogens (tertiary/aromatic N) is 1. The van der Waals surface area contributed by atoms with Crippen molar-refractivity contribution in [3.8, 4) is 0 Å². The van der Waals surface area contributed by atoms with Crippen molar-refractivity contribution in [1.29, 1.82) is 0 Å². The Morgan fingerprint density at radius 3 is 2.88 bits per heavy atom. The molecule has 136 valence electrons. The Labute approximate surface area is 143 Å². The second-order valence-electron chi connectivity index (χ2n) is 7.13. The van der Waals surface area contributed by atoms with Gasteiger partial charge in [-0.25, -0.2) is 0 Å². The topological polar surface area (TPSA) is 79.9 Å². The Hall–Kier alpha value is -1.18. The highest BCUT2D eigenvalue weighted by Gasteiger charge is 2.39. The van der Waals surface area contributed by atoms with E-state index in [1.54, 1.807) is 0 Å². The summed E-state index contributed by atoms with van der Waals surface area (Å²) >= 11 is 0. The summed E-state index contributed by atoms with van der Waals surface area (Å²) in [5.74, 6) is 0.0289. The first-order chi connectivity index (χ1) is 11.7. The first-order valence-electron chi connectivity index (χ1n) is 9.16. The van der Waals surface area contributed by atoms with Crippen LogP contribution in [0.2, 0.25) is 0 Å². The summed E-state index contributed by atoms with van der Waals surface area (Å²) in [5.41, 5.74) is -0.448. The van der Waals surface area contributed by atoms with Gasteiger partial charge in [-0.05, 0) is 12.8 Å². The largest absolute Gasteiger partial charge is 0.377 e. The molecule has 1 saturated carbocycles. The highest BCUT2D eigenvalue weighted by molar-refractivity contribution is 5.84. The van der Waals surface area contributed by atoms with Crippen molar-refractivity contribution in [3.05, 3.63) is 0 Å². The maximum atomic E-state index is 12.5. The maximum absolute atomic E-state index is 12.5. The van der Waals surface area contributed by atoms with Crippen molar-refractivity contribution in [3.63, 3.8) is 0 Å². The van der Waals surface area contributed by atoms with Gasteiger partial charge < -0.3 is 25.0 Å². The van der Waals surface area contributed by atoms with Crippen LogP contribution in [0.3, 0.4) is 0 Å². The van der Waals surface area contributed by atoms with E-state index in [0.29, 0.717) is 45.5 Å². The molecule has 3 fully saturated rings. The minimum Gasteiger partial charge on any atom is -0.377 e. The highest BCUT2D eigenvalue weighted by atomic mass is 16.5. The van der Waals surface area contributed by atoms with Crippen molar-refractivity contribution in [1.82, 2.24) is 15.5 Å². The number of morpholine rings is 1. The fourth-order valence-electron chi connectivity index (χ4n) is 3.77. The molecule has 7 heteroatoms. The second kappa shape index (κ2) is 8.27. The lowest BCUT2D eigenvalue weighted by Crippen LogP contribution is -2.59. The molecule has 0 aromatic heterocycles. The quantitative estimate of drug-likeness (QED) is 0.756. The van der Waals surface area contributed by atoms with Gasteiger partial charge in [0, 0.05) is 38.5 Å². The van der Waals surface area contributed by atoms with E-state index in [1.165, 1.54) is 12.8 Å². The Kier molecular flexibility index (Phi) is 6.08. The zero-order chi connectivity index (χ0) is 16.8. The van der Waals surface area contributed by atoms with Crippen molar-refractivity contribution in [2.45, 2.75) is 50.2 Å². The summed E-state index contributed by atoms with van der Waals surface area (Å²) in [5, 5.41) is 6.34. The van der Waals surface area contributed by atoms with E-state index >= 15 is 0 Å². The van der Waals surface area contributed by atoms with Gasteiger partial charge in [0.1, 0.15) is 5.60 Å². The predicted molar refractivity (Wildman–Crippen MR) is 88.6 cm³/mol. The van der Waals surface area contributed by atoms with E-state index in [1.807, 2.05) is 4.90 Å². The summed E-state index contributed by atoms with van der Waals surface area (Å²) in [4.78, 5) is 26.3. The fraction of sp³-hybridized carbons (Fsp3) is 0.882. The molecule has 0 unspecified atom stereocenters. The average Bonchev–Trinajstić information content (AvgIpc) is 2.99. The first-order valence-corrected chi connectivity index (χ1v) is 9.16. The predicted octanol–water partition coefficient (Wildman–Crippen LogP) is 0.0428. The molecule has 2 aliphatic heterocycles. The molecule has 0 radical (unpaired) electrons. The standard InChI is InChI=1S/C17H29N3O4/c21-15(19-14-3-1-2-4-14)5-6-16(22)20-8-10-24-17(12-20)11-18-7-9-23-13-17/h14,18H,1-13H2,(H,19,21)/t17-/m1/s1. The smallest absolute Gasteiger partial charge is 0.223 e. The van der Waals surface area contributed by atoms with Crippen molar-refractivity contribution >= 4 is 11.8 Å². The molecule has 2 heterocycles. The molecular weight excluding hydrogens is 310 g/mol. The first kappa shape index (κ1) is 17.6. The van der Waals surface area contributed by atoms with Crippen LogP contribution in [0.25, 0.3) is 0 Å². The van der Waals surface area contributed by atoms with Gasteiger partial charge in [0.05, 0.1) is 26.4 Å². The number of carbonyl (C=O) groups is 2. The van der Waals surface area contributed by atoms with Crippen LogP contribution in [0.15, 0.2) is 0 Å². The summed E-state index contributed by atoms with van der Waals surface area (Å²) in [6.45, 7) is 4.31. The Morgan fingerprint density at radius 2 is 2.04 bits per heavy atom. The van der Waals surface area contributed by atoms with E-state index in [-0.39, 0.29) is 24.7 Å². The van der Waals surface area contributed by atoms with Crippen LogP contribution in [0.1, 0.15) is 38.5 Å². The molecule has 7 nitrogen and oxygen atoms in total. The van der Waals surface area contributed by atoms with E-state index in [4.69, 9.17) is 9.47 Å². The zero-order valence-electron chi connectivity index (χ0n) is 14.3. The molecular formula is C17H29N3O4. The van der Waals surface area contributed by atoms with Crippen LogP contribution in [0.4, 0.5) is 0 Å². The number of amides is 2.